The van der Waals surface area contributed by atoms with E-state index in [1.165, 1.54) is 0 Å². The molecule has 5 nitrogen and oxygen atoms in total. The van der Waals surface area contributed by atoms with Gasteiger partial charge >= 0.3 is 0 Å². The number of para-hydroxylation sites is 1. The maximum absolute atomic E-state index is 12.2. The number of hydrogen-bond acceptors (Lipinski definition) is 4. The van der Waals surface area contributed by atoms with Gasteiger partial charge in [0.05, 0.1) is 12.2 Å². The molecule has 126 valence electrons. The molecule has 24 heavy (non-hydrogen) atoms. The number of carbonyl (C=O) groups is 1. The van der Waals surface area contributed by atoms with Crippen LogP contribution in [0.4, 0.5) is 5.69 Å². The zero-order chi connectivity index (χ0) is 16.9. The lowest BCUT2D eigenvalue weighted by Crippen LogP contribution is -2.30. The first-order chi connectivity index (χ1) is 11.6. The van der Waals surface area contributed by atoms with E-state index < -0.39 is 0 Å². The number of likely N-dealkylation sites (N-methyl/N-ethyl adjacent to an activating group) is 1. The van der Waals surface area contributed by atoms with Gasteiger partial charge in [0.2, 0.25) is 5.91 Å². The van der Waals surface area contributed by atoms with Gasteiger partial charge in [0, 0.05) is 10.1 Å². The first kappa shape index (κ1) is 17.0. The number of carbonyl (C=O) groups excluding carboxylic acids is 1. The van der Waals surface area contributed by atoms with Crippen molar-refractivity contribution in [3.8, 4) is 11.5 Å². The number of amides is 1. The summed E-state index contributed by atoms with van der Waals surface area (Å²) in [5, 5.41) is 2.94. The number of benzene rings is 2. The molecule has 3 rings (SSSR count). The van der Waals surface area contributed by atoms with Crippen LogP contribution in [-0.4, -0.2) is 37.6 Å². The van der Waals surface area contributed by atoms with Crippen LogP contribution in [0.15, 0.2) is 42.5 Å². The smallest absolute Gasteiger partial charge is 0.238 e. The van der Waals surface area contributed by atoms with Crippen molar-refractivity contribution >= 4 is 34.2 Å². The Hall–Kier alpha value is -1.80. The van der Waals surface area contributed by atoms with Crippen molar-refractivity contribution in [2.45, 2.75) is 6.54 Å². The number of anilines is 1. The molecular weight excluding hydrogens is 419 g/mol. The third kappa shape index (κ3) is 4.39. The van der Waals surface area contributed by atoms with E-state index in [1.807, 2.05) is 54.4 Å². The molecular formula is C18H19IN2O3. The molecule has 1 aliphatic rings. The van der Waals surface area contributed by atoms with Gasteiger partial charge in [-0.15, -0.1) is 0 Å². The predicted octanol–water partition coefficient (Wildman–Crippen LogP) is 3.13. The average molecular weight is 438 g/mol. The van der Waals surface area contributed by atoms with Gasteiger partial charge in [0.25, 0.3) is 0 Å². The zero-order valence-corrected chi connectivity index (χ0v) is 15.6. The predicted molar refractivity (Wildman–Crippen MR) is 102 cm³/mol. The normalized spacial score (nSPS) is 13.0. The van der Waals surface area contributed by atoms with Crippen molar-refractivity contribution in [1.29, 1.82) is 0 Å². The minimum Gasteiger partial charge on any atom is -0.486 e. The third-order valence-electron chi connectivity index (χ3n) is 3.62. The van der Waals surface area contributed by atoms with E-state index in [4.69, 9.17) is 9.47 Å². The number of rotatable bonds is 5. The van der Waals surface area contributed by atoms with Crippen molar-refractivity contribution < 1.29 is 14.3 Å². The van der Waals surface area contributed by atoms with Crippen LogP contribution >= 0.6 is 22.6 Å². The van der Waals surface area contributed by atoms with Crippen molar-refractivity contribution in [2.75, 3.05) is 32.1 Å². The Balaban J connectivity index is 1.56. The van der Waals surface area contributed by atoms with Crippen LogP contribution in [0.3, 0.4) is 0 Å². The molecule has 0 radical (unpaired) electrons. The van der Waals surface area contributed by atoms with Crippen LogP contribution in [0.1, 0.15) is 5.56 Å². The van der Waals surface area contributed by atoms with E-state index in [2.05, 4.69) is 27.9 Å². The summed E-state index contributed by atoms with van der Waals surface area (Å²) < 4.78 is 12.1. The molecule has 0 saturated carbocycles. The van der Waals surface area contributed by atoms with Gasteiger partial charge in [0.1, 0.15) is 13.2 Å². The minimum absolute atomic E-state index is 0.0286. The topological polar surface area (TPSA) is 50.8 Å². The van der Waals surface area contributed by atoms with Gasteiger partial charge in [-0.1, -0.05) is 18.2 Å². The Bertz CT molecular complexity index is 736. The Morgan fingerprint density at radius 3 is 2.71 bits per heavy atom. The summed E-state index contributed by atoms with van der Waals surface area (Å²) in [6.07, 6.45) is 0. The molecule has 0 bridgehead atoms. The lowest BCUT2D eigenvalue weighted by Gasteiger charge is -2.21. The second-order valence-corrected chi connectivity index (χ2v) is 6.84. The highest BCUT2D eigenvalue weighted by Gasteiger charge is 2.13. The molecule has 1 amide bonds. The fourth-order valence-corrected chi connectivity index (χ4v) is 3.07. The summed E-state index contributed by atoms with van der Waals surface area (Å²) in [5.74, 6) is 1.53. The largest absolute Gasteiger partial charge is 0.486 e. The summed E-state index contributed by atoms with van der Waals surface area (Å²) in [6, 6.07) is 13.6. The minimum atomic E-state index is -0.0286. The highest BCUT2D eigenvalue weighted by Crippen LogP contribution is 2.31. The number of nitrogens with zero attached hydrogens (tertiary/aromatic N) is 1. The van der Waals surface area contributed by atoms with Crippen molar-refractivity contribution in [1.82, 2.24) is 4.90 Å². The monoisotopic (exact) mass is 438 g/mol. The van der Waals surface area contributed by atoms with E-state index in [-0.39, 0.29) is 5.91 Å². The molecule has 0 aliphatic carbocycles. The van der Waals surface area contributed by atoms with Crippen LogP contribution < -0.4 is 14.8 Å². The second kappa shape index (κ2) is 7.85. The van der Waals surface area contributed by atoms with Gasteiger partial charge < -0.3 is 14.8 Å². The molecule has 0 atom stereocenters. The highest BCUT2D eigenvalue weighted by atomic mass is 127. The van der Waals surface area contributed by atoms with Gasteiger partial charge in [-0.2, -0.15) is 0 Å². The maximum Gasteiger partial charge on any atom is 0.238 e. The number of ether oxygens (including phenoxy) is 2. The Kier molecular flexibility index (Phi) is 5.57. The van der Waals surface area contributed by atoms with Crippen molar-refractivity contribution in [2.24, 2.45) is 0 Å². The lowest BCUT2D eigenvalue weighted by atomic mass is 10.2. The van der Waals surface area contributed by atoms with Crippen molar-refractivity contribution in [3.63, 3.8) is 0 Å². The molecule has 2 aromatic rings. The van der Waals surface area contributed by atoms with Crippen LogP contribution in [0.25, 0.3) is 0 Å². The van der Waals surface area contributed by atoms with E-state index in [9.17, 15) is 4.79 Å². The first-order valence-corrected chi connectivity index (χ1v) is 8.81. The summed E-state index contributed by atoms with van der Waals surface area (Å²) in [7, 11) is 1.92. The molecule has 6 heteroatoms. The van der Waals surface area contributed by atoms with E-state index in [0.717, 1.165) is 26.3 Å². The fraction of sp³-hybridized carbons (Fsp3) is 0.278. The second-order valence-electron chi connectivity index (χ2n) is 5.68. The standard InChI is InChI=1S/C18H19IN2O3/c1-21(12-18(22)20-15-5-3-2-4-14(15)19)11-13-6-7-16-17(10-13)24-9-8-23-16/h2-7,10H,8-9,11-12H2,1H3,(H,20,22). The summed E-state index contributed by atoms with van der Waals surface area (Å²) in [5.41, 5.74) is 1.93. The molecule has 0 unspecified atom stereocenters. The highest BCUT2D eigenvalue weighted by molar-refractivity contribution is 14.1. The van der Waals surface area contributed by atoms with E-state index >= 15 is 0 Å². The number of halogens is 1. The van der Waals surface area contributed by atoms with Crippen LogP contribution in [0, 0.1) is 3.57 Å². The molecule has 2 aromatic carbocycles. The van der Waals surface area contributed by atoms with Gasteiger partial charge in [-0.25, -0.2) is 0 Å². The summed E-state index contributed by atoms with van der Waals surface area (Å²) in [4.78, 5) is 14.2. The van der Waals surface area contributed by atoms with Crippen LogP contribution in [-0.2, 0) is 11.3 Å². The maximum atomic E-state index is 12.2. The van der Waals surface area contributed by atoms with Crippen LogP contribution in [0.2, 0.25) is 0 Å². The van der Waals surface area contributed by atoms with Crippen molar-refractivity contribution in [3.05, 3.63) is 51.6 Å². The SMILES string of the molecule is CN(CC(=O)Nc1ccccc1I)Cc1ccc2c(c1)OCCO2. The molecule has 0 spiro atoms. The summed E-state index contributed by atoms with van der Waals surface area (Å²) in [6.45, 7) is 2.14. The third-order valence-corrected chi connectivity index (χ3v) is 4.56. The Labute approximate surface area is 155 Å². The van der Waals surface area contributed by atoms with E-state index in [0.29, 0.717) is 26.3 Å². The Morgan fingerprint density at radius 2 is 1.92 bits per heavy atom. The molecule has 1 heterocycles. The molecule has 0 saturated heterocycles. The number of nitrogens with one attached hydrogen (secondary N) is 1. The number of hydrogen-bond donors (Lipinski definition) is 1. The van der Waals surface area contributed by atoms with Gasteiger partial charge in [0.15, 0.2) is 11.5 Å². The molecule has 0 fully saturated rings. The van der Waals surface area contributed by atoms with Crippen LogP contribution in [0.5, 0.6) is 11.5 Å². The quantitative estimate of drug-likeness (QED) is 0.730. The van der Waals surface area contributed by atoms with Gasteiger partial charge in [-0.3, -0.25) is 9.69 Å². The Morgan fingerprint density at radius 1 is 1.17 bits per heavy atom. The lowest BCUT2D eigenvalue weighted by molar-refractivity contribution is -0.117. The molecule has 1 aliphatic heterocycles. The first-order valence-electron chi connectivity index (χ1n) is 7.73. The zero-order valence-electron chi connectivity index (χ0n) is 13.4. The van der Waals surface area contributed by atoms with E-state index in [1.54, 1.807) is 0 Å². The molecule has 0 aromatic heterocycles. The van der Waals surface area contributed by atoms with Gasteiger partial charge in [-0.05, 0) is 59.5 Å². The summed E-state index contributed by atoms with van der Waals surface area (Å²) >= 11 is 2.21. The fourth-order valence-electron chi connectivity index (χ4n) is 2.55. The number of fused-ring (bicyclic) bond motifs is 1. The average Bonchev–Trinajstić information content (AvgIpc) is 2.56. The molecule has 1 N–H and O–H groups in total.